The van der Waals surface area contributed by atoms with E-state index in [0.29, 0.717) is 23.2 Å². The minimum absolute atomic E-state index is 0.380. The van der Waals surface area contributed by atoms with Crippen LogP contribution in [-0.4, -0.2) is 83.2 Å². The number of aromatic nitrogens is 4. The first-order valence-electron chi connectivity index (χ1n) is 13.3. The van der Waals surface area contributed by atoms with Crippen LogP contribution in [0.4, 0.5) is 23.0 Å². The third kappa shape index (κ3) is 5.95. The lowest BCUT2D eigenvalue weighted by Gasteiger charge is -2.27. The highest BCUT2D eigenvalue weighted by atomic mass is 16.5. The average molecular weight is 545 g/mol. The number of hydrogen-bond acceptors (Lipinski definition) is 10. The van der Waals surface area contributed by atoms with E-state index in [2.05, 4.69) is 37.0 Å². The molecular formula is C29H36N8O3. The standard InChI is InChI=1S/C29H36N8O3/c1-5-28(38)32-22-17-23(26(40-4)18-24(22)35(2)14-15-36-12-6-7-13-36)33-29-30-11-10-27(34-29)37-19-31-21-9-8-20(39-3)16-25(21)37/h5,8-11,16-19,28,32,38H,1,6-7,12-15H2,2-4H3,(H,30,33,34). The first-order chi connectivity index (χ1) is 19.5. The number of anilines is 4. The second-order valence-corrected chi connectivity index (χ2v) is 9.70. The predicted molar refractivity (Wildman–Crippen MR) is 158 cm³/mol. The number of benzene rings is 2. The third-order valence-electron chi connectivity index (χ3n) is 7.09. The molecular weight excluding hydrogens is 508 g/mol. The molecule has 0 radical (unpaired) electrons. The monoisotopic (exact) mass is 544 g/mol. The van der Waals surface area contributed by atoms with Crippen LogP contribution < -0.4 is 25.0 Å². The molecule has 11 heteroatoms. The van der Waals surface area contributed by atoms with Crippen LogP contribution in [0.1, 0.15) is 12.8 Å². The summed E-state index contributed by atoms with van der Waals surface area (Å²) in [6.45, 7) is 7.79. The molecule has 5 rings (SSSR count). The van der Waals surface area contributed by atoms with Gasteiger partial charge in [0.25, 0.3) is 0 Å². The van der Waals surface area contributed by atoms with Crippen molar-refractivity contribution in [2.45, 2.75) is 19.1 Å². The van der Waals surface area contributed by atoms with Crippen LogP contribution in [-0.2, 0) is 0 Å². The van der Waals surface area contributed by atoms with E-state index in [1.807, 2.05) is 48.0 Å². The fourth-order valence-electron chi connectivity index (χ4n) is 4.86. The molecule has 0 bridgehead atoms. The van der Waals surface area contributed by atoms with Gasteiger partial charge in [-0.05, 0) is 56.3 Å². The fraction of sp³-hybridized carbons (Fsp3) is 0.345. The van der Waals surface area contributed by atoms with E-state index in [9.17, 15) is 5.11 Å². The van der Waals surface area contributed by atoms with E-state index >= 15 is 0 Å². The van der Waals surface area contributed by atoms with Crippen LogP contribution >= 0.6 is 0 Å². The van der Waals surface area contributed by atoms with E-state index in [4.69, 9.17) is 14.5 Å². The van der Waals surface area contributed by atoms with Gasteiger partial charge in [0.15, 0.2) is 0 Å². The van der Waals surface area contributed by atoms with Crippen molar-refractivity contribution in [1.82, 2.24) is 24.4 Å². The summed E-state index contributed by atoms with van der Waals surface area (Å²) in [7, 11) is 5.30. The van der Waals surface area contributed by atoms with Gasteiger partial charge in [-0.2, -0.15) is 4.98 Å². The summed E-state index contributed by atoms with van der Waals surface area (Å²) < 4.78 is 13.0. The van der Waals surface area contributed by atoms with Crippen LogP contribution in [0.15, 0.2) is 61.6 Å². The lowest BCUT2D eigenvalue weighted by molar-refractivity contribution is 0.253. The van der Waals surface area contributed by atoms with Crippen molar-refractivity contribution < 1.29 is 14.6 Å². The van der Waals surface area contributed by atoms with Crippen molar-refractivity contribution in [2.75, 3.05) is 63.0 Å². The highest BCUT2D eigenvalue weighted by Crippen LogP contribution is 2.38. The Morgan fingerprint density at radius 3 is 2.67 bits per heavy atom. The molecule has 4 aromatic rings. The van der Waals surface area contributed by atoms with Gasteiger partial charge in [-0.15, -0.1) is 0 Å². The predicted octanol–water partition coefficient (Wildman–Crippen LogP) is 4.02. The summed E-state index contributed by atoms with van der Waals surface area (Å²) in [5, 5.41) is 16.8. The molecule has 1 atom stereocenters. The Bertz CT molecular complexity index is 1470. The number of imidazole rings is 1. The molecule has 11 nitrogen and oxygen atoms in total. The molecule has 2 aromatic heterocycles. The van der Waals surface area contributed by atoms with Crippen LogP contribution in [0.25, 0.3) is 16.9 Å². The number of nitrogens with zero attached hydrogens (tertiary/aromatic N) is 6. The van der Waals surface area contributed by atoms with Gasteiger partial charge in [0.1, 0.15) is 29.9 Å². The molecule has 210 valence electrons. The Morgan fingerprint density at radius 2 is 1.93 bits per heavy atom. The summed E-state index contributed by atoms with van der Waals surface area (Å²) in [6.07, 6.45) is 6.45. The molecule has 1 unspecified atom stereocenters. The number of likely N-dealkylation sites (N-methyl/N-ethyl adjacent to an activating group) is 1. The summed E-state index contributed by atoms with van der Waals surface area (Å²) in [4.78, 5) is 18.3. The zero-order valence-electron chi connectivity index (χ0n) is 23.2. The Hall–Kier alpha value is -4.35. The molecule has 1 fully saturated rings. The van der Waals surface area contributed by atoms with Crippen molar-refractivity contribution >= 4 is 34.0 Å². The largest absolute Gasteiger partial charge is 0.497 e. The molecule has 3 N–H and O–H groups in total. The summed E-state index contributed by atoms with van der Waals surface area (Å²) in [6, 6.07) is 11.4. The topological polar surface area (TPSA) is 113 Å². The number of fused-ring (bicyclic) bond motifs is 1. The lowest BCUT2D eigenvalue weighted by Crippen LogP contribution is -2.32. The van der Waals surface area contributed by atoms with Crippen molar-refractivity contribution in [3.05, 3.63) is 61.6 Å². The summed E-state index contributed by atoms with van der Waals surface area (Å²) >= 11 is 0. The maximum absolute atomic E-state index is 10.3. The second kappa shape index (κ2) is 12.2. The smallest absolute Gasteiger partial charge is 0.229 e. The number of ether oxygens (including phenoxy) is 2. The van der Waals surface area contributed by atoms with Crippen LogP contribution in [0, 0.1) is 0 Å². The van der Waals surface area contributed by atoms with Crippen molar-refractivity contribution in [3.8, 4) is 17.3 Å². The number of rotatable bonds is 12. The molecule has 3 heterocycles. The minimum Gasteiger partial charge on any atom is -0.497 e. The Morgan fingerprint density at radius 1 is 1.10 bits per heavy atom. The number of hydrogen-bond donors (Lipinski definition) is 3. The molecule has 0 saturated carbocycles. The van der Waals surface area contributed by atoms with Gasteiger partial charge in [0.2, 0.25) is 5.95 Å². The van der Waals surface area contributed by atoms with E-state index in [-0.39, 0.29) is 0 Å². The normalized spacial score (nSPS) is 14.2. The number of aliphatic hydroxyl groups excluding tert-OH is 1. The SMILES string of the molecule is C=CC(O)Nc1cc(Nc2nccc(-n3cnc4ccc(OC)cc43)n2)c(OC)cc1N(C)CCN1CCCC1. The number of aliphatic hydroxyl groups is 1. The Labute approximate surface area is 234 Å². The highest BCUT2D eigenvalue weighted by Gasteiger charge is 2.18. The van der Waals surface area contributed by atoms with Crippen molar-refractivity contribution in [1.29, 1.82) is 0 Å². The zero-order chi connectivity index (χ0) is 28.1. The van der Waals surface area contributed by atoms with Crippen LogP contribution in [0.3, 0.4) is 0 Å². The molecule has 1 aliphatic heterocycles. The number of likely N-dealkylation sites (tertiary alicyclic amines) is 1. The molecule has 1 saturated heterocycles. The second-order valence-electron chi connectivity index (χ2n) is 9.70. The molecule has 2 aromatic carbocycles. The van der Waals surface area contributed by atoms with E-state index in [1.54, 1.807) is 26.7 Å². The van der Waals surface area contributed by atoms with E-state index < -0.39 is 6.23 Å². The Balaban J connectivity index is 1.44. The fourth-order valence-corrected chi connectivity index (χ4v) is 4.86. The maximum atomic E-state index is 10.3. The van der Waals surface area contributed by atoms with Gasteiger partial charge in [-0.3, -0.25) is 4.57 Å². The van der Waals surface area contributed by atoms with E-state index in [0.717, 1.165) is 54.3 Å². The minimum atomic E-state index is -0.918. The third-order valence-corrected chi connectivity index (χ3v) is 7.09. The lowest BCUT2D eigenvalue weighted by atomic mass is 10.2. The first kappa shape index (κ1) is 27.2. The summed E-state index contributed by atoms with van der Waals surface area (Å²) in [5.74, 6) is 2.38. The van der Waals surface area contributed by atoms with Gasteiger partial charge < -0.3 is 35.0 Å². The summed E-state index contributed by atoms with van der Waals surface area (Å²) in [5.41, 5.74) is 3.97. The van der Waals surface area contributed by atoms with Gasteiger partial charge >= 0.3 is 0 Å². The zero-order valence-corrected chi connectivity index (χ0v) is 23.2. The quantitative estimate of drug-likeness (QED) is 0.179. The van der Waals surface area contributed by atoms with Gasteiger partial charge in [0.05, 0.1) is 42.3 Å². The number of nitrogens with one attached hydrogen (secondary N) is 2. The molecule has 40 heavy (non-hydrogen) atoms. The van der Waals surface area contributed by atoms with Crippen molar-refractivity contribution in [3.63, 3.8) is 0 Å². The van der Waals surface area contributed by atoms with Gasteiger partial charge in [-0.25, -0.2) is 9.97 Å². The average Bonchev–Trinajstić information content (AvgIpc) is 3.66. The molecule has 0 spiro atoms. The van der Waals surface area contributed by atoms with Crippen molar-refractivity contribution in [2.24, 2.45) is 0 Å². The molecule has 1 aliphatic rings. The first-order valence-corrected chi connectivity index (χ1v) is 13.3. The van der Waals surface area contributed by atoms with Crippen LogP contribution in [0.5, 0.6) is 11.5 Å². The molecule has 0 amide bonds. The van der Waals surface area contributed by atoms with Gasteiger partial charge in [0, 0.05) is 38.5 Å². The van der Waals surface area contributed by atoms with E-state index in [1.165, 1.54) is 18.9 Å². The molecule has 0 aliphatic carbocycles. The van der Waals surface area contributed by atoms with Gasteiger partial charge in [-0.1, -0.05) is 6.58 Å². The Kier molecular flexibility index (Phi) is 8.32. The van der Waals surface area contributed by atoms with Crippen LogP contribution in [0.2, 0.25) is 0 Å². The highest BCUT2D eigenvalue weighted by molar-refractivity contribution is 5.81. The number of methoxy groups -OCH3 is 2. The maximum Gasteiger partial charge on any atom is 0.229 e.